The minimum absolute atomic E-state index is 0.0390. The van der Waals surface area contributed by atoms with E-state index in [0.717, 1.165) is 0 Å². The second-order valence-electron chi connectivity index (χ2n) is 6.09. The highest BCUT2D eigenvalue weighted by atomic mass is 16.6. The highest BCUT2D eigenvalue weighted by molar-refractivity contribution is 6.05. The zero-order chi connectivity index (χ0) is 17.6. The van der Waals surface area contributed by atoms with Crippen molar-refractivity contribution in [2.75, 3.05) is 6.61 Å². The lowest BCUT2D eigenvalue weighted by molar-refractivity contribution is -0.208. The quantitative estimate of drug-likeness (QED) is 0.301. The van der Waals surface area contributed by atoms with Crippen LogP contribution in [0.4, 0.5) is 0 Å². The first-order valence-corrected chi connectivity index (χ1v) is 7.63. The molecule has 1 aliphatic rings. The van der Waals surface area contributed by atoms with Crippen molar-refractivity contribution in [1.82, 2.24) is 0 Å². The molecule has 3 atom stereocenters. The number of Topliss-reactive ketones (excluding diaryl/α,β-unsaturated/α-hetero) is 2. The van der Waals surface area contributed by atoms with Crippen LogP contribution in [0.15, 0.2) is 25.3 Å². The summed E-state index contributed by atoms with van der Waals surface area (Å²) in [6.45, 7) is 8.62. The second-order valence-corrected chi connectivity index (χ2v) is 6.09. The number of aliphatic hydroxyl groups is 2. The van der Waals surface area contributed by atoms with Crippen LogP contribution >= 0.6 is 0 Å². The molecule has 0 bridgehead atoms. The fourth-order valence-electron chi connectivity index (χ4n) is 2.98. The Morgan fingerprint density at radius 1 is 1.35 bits per heavy atom. The third-order valence-corrected chi connectivity index (χ3v) is 4.11. The number of esters is 1. The molecule has 23 heavy (non-hydrogen) atoms. The maximum Gasteiger partial charge on any atom is 0.375 e. The molecule has 2 N–H and O–H groups in total. The van der Waals surface area contributed by atoms with Crippen molar-refractivity contribution < 1.29 is 29.3 Å². The van der Waals surface area contributed by atoms with Crippen LogP contribution in [0.2, 0.25) is 0 Å². The number of rotatable bonds is 8. The van der Waals surface area contributed by atoms with Gasteiger partial charge < -0.3 is 14.9 Å². The van der Waals surface area contributed by atoms with Gasteiger partial charge in [-0.3, -0.25) is 9.59 Å². The van der Waals surface area contributed by atoms with Crippen molar-refractivity contribution in [3.8, 4) is 0 Å². The monoisotopic (exact) mass is 324 g/mol. The summed E-state index contributed by atoms with van der Waals surface area (Å²) in [6, 6.07) is 0. The zero-order valence-electron chi connectivity index (χ0n) is 13.4. The predicted octanol–water partition coefficient (Wildman–Crippen LogP) is 1.16. The summed E-state index contributed by atoms with van der Waals surface area (Å²) in [5, 5.41) is 19.5. The van der Waals surface area contributed by atoms with Crippen LogP contribution in [0.1, 0.15) is 32.6 Å². The highest BCUT2D eigenvalue weighted by Crippen LogP contribution is 2.36. The van der Waals surface area contributed by atoms with Gasteiger partial charge in [-0.2, -0.15) is 0 Å². The standard InChI is InChI=1S/C17H24O6/c1-4-6-13-12(8-11(3)9-14(13)18)10-15(19)17(21,22)16(20)23-7-5-2/h4-5,11-13,21-22H,1-2,6-10H2,3H3/t11-,12+,13?/m1/s1. The van der Waals surface area contributed by atoms with E-state index in [1.54, 1.807) is 6.08 Å². The summed E-state index contributed by atoms with van der Waals surface area (Å²) in [5.41, 5.74) is 0. The number of hydrogen-bond acceptors (Lipinski definition) is 6. The van der Waals surface area contributed by atoms with Gasteiger partial charge in [-0.25, -0.2) is 4.79 Å². The summed E-state index contributed by atoms with van der Waals surface area (Å²) < 4.78 is 4.52. The Kier molecular flexibility index (Phi) is 6.84. The molecule has 0 radical (unpaired) electrons. The Labute approximate surface area is 135 Å². The van der Waals surface area contributed by atoms with E-state index >= 15 is 0 Å². The van der Waals surface area contributed by atoms with Gasteiger partial charge in [0.1, 0.15) is 12.4 Å². The predicted molar refractivity (Wildman–Crippen MR) is 83.1 cm³/mol. The third-order valence-electron chi connectivity index (χ3n) is 4.11. The Balaban J connectivity index is 2.82. The minimum Gasteiger partial charge on any atom is -0.457 e. The van der Waals surface area contributed by atoms with Crippen LogP contribution in [-0.4, -0.2) is 40.1 Å². The summed E-state index contributed by atoms with van der Waals surface area (Å²) in [7, 11) is 0. The molecular formula is C17H24O6. The van der Waals surface area contributed by atoms with E-state index in [1.165, 1.54) is 6.08 Å². The average molecular weight is 324 g/mol. The van der Waals surface area contributed by atoms with Crippen molar-refractivity contribution in [2.24, 2.45) is 17.8 Å². The van der Waals surface area contributed by atoms with E-state index in [0.29, 0.717) is 19.3 Å². The molecule has 0 heterocycles. The summed E-state index contributed by atoms with van der Waals surface area (Å²) in [6.07, 6.45) is 4.06. The van der Waals surface area contributed by atoms with E-state index < -0.39 is 17.5 Å². The first kappa shape index (κ1) is 19.3. The van der Waals surface area contributed by atoms with Crippen molar-refractivity contribution in [2.45, 2.75) is 38.4 Å². The molecule has 0 amide bonds. The number of carbonyl (C=O) groups is 3. The van der Waals surface area contributed by atoms with Crippen molar-refractivity contribution >= 4 is 17.5 Å². The van der Waals surface area contributed by atoms with Crippen LogP contribution in [0.5, 0.6) is 0 Å². The van der Waals surface area contributed by atoms with Crippen molar-refractivity contribution in [3.05, 3.63) is 25.3 Å². The average Bonchev–Trinajstić information content (AvgIpc) is 2.47. The first-order chi connectivity index (χ1) is 10.7. The maximum atomic E-state index is 12.1. The Morgan fingerprint density at radius 3 is 2.57 bits per heavy atom. The number of ketones is 2. The van der Waals surface area contributed by atoms with Crippen LogP contribution in [0, 0.1) is 17.8 Å². The fourth-order valence-corrected chi connectivity index (χ4v) is 2.98. The smallest absolute Gasteiger partial charge is 0.375 e. The highest BCUT2D eigenvalue weighted by Gasteiger charge is 2.46. The number of ether oxygens (including phenoxy) is 1. The molecule has 1 fully saturated rings. The second kappa shape index (κ2) is 8.17. The van der Waals surface area contributed by atoms with Crippen LogP contribution in [-0.2, 0) is 19.1 Å². The van der Waals surface area contributed by atoms with E-state index in [9.17, 15) is 24.6 Å². The molecular weight excluding hydrogens is 300 g/mol. The van der Waals surface area contributed by atoms with E-state index in [-0.39, 0.29) is 36.6 Å². The normalized spacial score (nSPS) is 24.8. The van der Waals surface area contributed by atoms with Crippen molar-refractivity contribution in [1.29, 1.82) is 0 Å². The number of allylic oxidation sites excluding steroid dienone is 1. The van der Waals surface area contributed by atoms with Gasteiger partial charge >= 0.3 is 11.8 Å². The van der Waals surface area contributed by atoms with Gasteiger partial charge in [-0.15, -0.1) is 6.58 Å². The third kappa shape index (κ3) is 4.84. The Morgan fingerprint density at radius 2 is 2.00 bits per heavy atom. The number of carbonyl (C=O) groups excluding carboxylic acids is 3. The summed E-state index contributed by atoms with van der Waals surface area (Å²) in [4.78, 5) is 35.8. The molecule has 0 saturated heterocycles. The molecule has 128 valence electrons. The molecule has 0 aromatic carbocycles. The zero-order valence-corrected chi connectivity index (χ0v) is 13.4. The first-order valence-electron chi connectivity index (χ1n) is 7.63. The fraction of sp³-hybridized carbons (Fsp3) is 0.588. The van der Waals surface area contributed by atoms with Gasteiger partial charge in [0.2, 0.25) is 5.78 Å². The molecule has 1 rings (SSSR count). The lowest BCUT2D eigenvalue weighted by Crippen LogP contribution is -2.49. The lowest BCUT2D eigenvalue weighted by atomic mass is 9.70. The number of hydrogen-bond donors (Lipinski definition) is 2. The lowest BCUT2D eigenvalue weighted by Gasteiger charge is -2.33. The van der Waals surface area contributed by atoms with Crippen molar-refractivity contribution in [3.63, 3.8) is 0 Å². The molecule has 6 nitrogen and oxygen atoms in total. The van der Waals surface area contributed by atoms with Gasteiger partial charge in [0, 0.05) is 18.8 Å². The molecule has 1 saturated carbocycles. The SMILES string of the molecule is C=CCOC(=O)C(O)(O)C(=O)C[C@@H]1C[C@@H](C)CC(=O)C1CC=C. The van der Waals surface area contributed by atoms with Crippen LogP contribution < -0.4 is 0 Å². The molecule has 0 spiro atoms. The maximum absolute atomic E-state index is 12.1. The molecule has 1 aliphatic carbocycles. The summed E-state index contributed by atoms with van der Waals surface area (Å²) in [5.74, 6) is -6.27. The topological polar surface area (TPSA) is 101 Å². The Bertz CT molecular complexity index is 493. The van der Waals surface area contributed by atoms with Gasteiger partial charge in [0.25, 0.3) is 0 Å². The van der Waals surface area contributed by atoms with E-state index in [4.69, 9.17) is 0 Å². The Hall–Kier alpha value is -1.79. The molecule has 0 aliphatic heterocycles. The van der Waals surface area contributed by atoms with E-state index in [1.807, 2.05) is 6.92 Å². The minimum atomic E-state index is -3.20. The molecule has 0 aromatic heterocycles. The van der Waals surface area contributed by atoms with Gasteiger partial charge in [0.15, 0.2) is 0 Å². The largest absolute Gasteiger partial charge is 0.457 e. The van der Waals surface area contributed by atoms with E-state index in [2.05, 4.69) is 17.9 Å². The van der Waals surface area contributed by atoms with Gasteiger partial charge in [-0.05, 0) is 24.7 Å². The molecule has 0 aromatic rings. The molecule has 6 heteroatoms. The van der Waals surface area contributed by atoms with Gasteiger partial charge in [0.05, 0.1) is 0 Å². The van der Waals surface area contributed by atoms with Crippen LogP contribution in [0.3, 0.4) is 0 Å². The van der Waals surface area contributed by atoms with Gasteiger partial charge in [-0.1, -0.05) is 25.7 Å². The summed E-state index contributed by atoms with van der Waals surface area (Å²) >= 11 is 0. The van der Waals surface area contributed by atoms with Crippen LogP contribution in [0.25, 0.3) is 0 Å². The molecule has 1 unspecified atom stereocenters.